The number of nitrogens with zero attached hydrogens (tertiary/aromatic N) is 6. The fourth-order valence-electron chi connectivity index (χ4n) is 5.42. The Balaban J connectivity index is 1.60. The number of aromatic nitrogens is 6. The van der Waals surface area contributed by atoms with Gasteiger partial charge in [0, 0.05) is 11.6 Å². The molecule has 6 rings (SSSR count). The summed E-state index contributed by atoms with van der Waals surface area (Å²) in [4.78, 5) is 27.0. The van der Waals surface area contributed by atoms with E-state index in [0.717, 1.165) is 25.7 Å². The predicted molar refractivity (Wildman–Crippen MR) is 139 cm³/mol. The lowest BCUT2D eigenvalue weighted by Gasteiger charge is -2.23. The monoisotopic (exact) mass is 517 g/mol. The molecular weight excluding hydrogens is 492 g/mol. The number of ether oxygens (including phenoxy) is 1. The van der Waals surface area contributed by atoms with Gasteiger partial charge in [-0.3, -0.25) is 9.36 Å². The molecule has 9 nitrogen and oxygen atoms in total. The van der Waals surface area contributed by atoms with Gasteiger partial charge in [-0.1, -0.05) is 18.9 Å². The van der Waals surface area contributed by atoms with Gasteiger partial charge >= 0.3 is 0 Å². The molecule has 3 heterocycles. The molecule has 194 valence electrons. The maximum atomic E-state index is 14.8. The van der Waals surface area contributed by atoms with Gasteiger partial charge in [0.15, 0.2) is 17.2 Å². The van der Waals surface area contributed by atoms with Crippen LogP contribution in [0.5, 0.6) is 5.75 Å². The van der Waals surface area contributed by atoms with Crippen molar-refractivity contribution in [3.8, 4) is 17.0 Å². The number of halogens is 2. The topological polar surface area (TPSA) is 114 Å². The summed E-state index contributed by atoms with van der Waals surface area (Å²) in [6.45, 7) is 1.85. The van der Waals surface area contributed by atoms with Crippen LogP contribution >= 0.6 is 0 Å². The minimum absolute atomic E-state index is 0.0263. The largest absolute Gasteiger partial charge is 0.494 e. The molecule has 0 radical (unpaired) electrons. The fraction of sp³-hybridized carbons (Fsp3) is 0.296. The van der Waals surface area contributed by atoms with Crippen LogP contribution in [0.1, 0.15) is 50.5 Å². The van der Waals surface area contributed by atoms with Crippen LogP contribution in [0.4, 0.5) is 14.6 Å². The molecule has 38 heavy (non-hydrogen) atoms. The molecule has 1 atom stereocenters. The maximum Gasteiger partial charge on any atom is 0.264 e. The van der Waals surface area contributed by atoms with Gasteiger partial charge in [-0.15, -0.1) is 0 Å². The van der Waals surface area contributed by atoms with Crippen LogP contribution in [0, 0.1) is 11.6 Å². The first-order valence-corrected chi connectivity index (χ1v) is 12.4. The Hall–Kier alpha value is -4.41. The van der Waals surface area contributed by atoms with Crippen molar-refractivity contribution in [1.29, 1.82) is 0 Å². The van der Waals surface area contributed by atoms with E-state index in [4.69, 9.17) is 20.6 Å². The number of nitrogens with two attached hydrogens (primary N) is 1. The quantitative estimate of drug-likeness (QED) is 0.356. The molecule has 0 saturated heterocycles. The first kappa shape index (κ1) is 24.0. The summed E-state index contributed by atoms with van der Waals surface area (Å²) >= 11 is 0. The second-order valence-corrected chi connectivity index (χ2v) is 9.49. The molecule has 1 aliphatic carbocycles. The van der Waals surface area contributed by atoms with Crippen LogP contribution in [0.3, 0.4) is 0 Å². The molecule has 2 aromatic carbocycles. The zero-order chi connectivity index (χ0) is 26.6. The molecule has 1 fully saturated rings. The summed E-state index contributed by atoms with van der Waals surface area (Å²) in [6.07, 6.45) is 4.87. The Morgan fingerprint density at radius 3 is 2.61 bits per heavy atom. The van der Waals surface area contributed by atoms with Crippen LogP contribution in [-0.2, 0) is 0 Å². The smallest absolute Gasteiger partial charge is 0.264 e. The first-order chi connectivity index (χ1) is 18.4. The van der Waals surface area contributed by atoms with E-state index in [1.165, 1.54) is 37.7 Å². The van der Waals surface area contributed by atoms with Crippen molar-refractivity contribution >= 4 is 27.8 Å². The zero-order valence-corrected chi connectivity index (χ0v) is 20.9. The van der Waals surface area contributed by atoms with E-state index >= 15 is 0 Å². The summed E-state index contributed by atoms with van der Waals surface area (Å²) in [5.41, 5.74) is 7.36. The molecule has 0 bridgehead atoms. The average Bonchev–Trinajstić information content (AvgIpc) is 3.57. The summed E-state index contributed by atoms with van der Waals surface area (Å²) in [5, 5.41) is 5.21. The number of nitrogen functional groups attached to an aromatic ring is 1. The predicted octanol–water partition coefficient (Wildman–Crippen LogP) is 4.80. The second kappa shape index (κ2) is 9.16. The fourth-order valence-corrected chi connectivity index (χ4v) is 5.42. The third-order valence-corrected chi connectivity index (χ3v) is 7.28. The van der Waals surface area contributed by atoms with Crippen LogP contribution in [0.15, 0.2) is 47.5 Å². The van der Waals surface area contributed by atoms with Crippen molar-refractivity contribution in [3.63, 3.8) is 0 Å². The molecule has 0 aliphatic heterocycles. The van der Waals surface area contributed by atoms with Gasteiger partial charge in [-0.2, -0.15) is 5.10 Å². The van der Waals surface area contributed by atoms with Crippen molar-refractivity contribution < 1.29 is 13.5 Å². The summed E-state index contributed by atoms with van der Waals surface area (Å²) in [5.74, 6) is -0.428. The lowest BCUT2D eigenvalue weighted by molar-refractivity contribution is 0.386. The van der Waals surface area contributed by atoms with Crippen molar-refractivity contribution in [2.24, 2.45) is 0 Å². The van der Waals surface area contributed by atoms with Crippen LogP contribution in [-0.4, -0.2) is 36.4 Å². The highest BCUT2D eigenvalue weighted by Gasteiger charge is 2.29. The van der Waals surface area contributed by atoms with Crippen LogP contribution in [0.2, 0.25) is 0 Å². The third kappa shape index (κ3) is 3.68. The Morgan fingerprint density at radius 1 is 1.08 bits per heavy atom. The number of anilines is 1. The molecular formula is C27H25F2N7O2. The van der Waals surface area contributed by atoms with Gasteiger partial charge in [0.1, 0.15) is 40.9 Å². The third-order valence-electron chi connectivity index (χ3n) is 7.28. The van der Waals surface area contributed by atoms with E-state index in [2.05, 4.69) is 9.97 Å². The molecule has 1 saturated carbocycles. The van der Waals surface area contributed by atoms with E-state index in [1.807, 2.05) is 6.92 Å². The van der Waals surface area contributed by atoms with E-state index in [9.17, 15) is 13.6 Å². The van der Waals surface area contributed by atoms with Gasteiger partial charge in [0.25, 0.3) is 5.56 Å². The van der Waals surface area contributed by atoms with E-state index in [1.54, 1.807) is 21.4 Å². The second-order valence-electron chi connectivity index (χ2n) is 9.49. The van der Waals surface area contributed by atoms with Gasteiger partial charge in [-0.05, 0) is 50.1 Å². The molecule has 0 amide bonds. The lowest BCUT2D eigenvalue weighted by Crippen LogP contribution is -2.31. The van der Waals surface area contributed by atoms with E-state index in [-0.39, 0.29) is 28.5 Å². The number of hydrogen-bond donors (Lipinski definition) is 1. The summed E-state index contributed by atoms with van der Waals surface area (Å²) in [7, 11) is 1.39. The van der Waals surface area contributed by atoms with Gasteiger partial charge in [-0.25, -0.2) is 28.4 Å². The number of methoxy groups -OCH3 is 1. The zero-order valence-electron chi connectivity index (χ0n) is 20.9. The number of hydrogen-bond acceptors (Lipinski definition) is 7. The van der Waals surface area contributed by atoms with Crippen LogP contribution < -0.4 is 16.0 Å². The highest BCUT2D eigenvalue weighted by atomic mass is 19.1. The molecule has 5 aromatic rings. The highest BCUT2D eigenvalue weighted by Crippen LogP contribution is 2.36. The normalized spacial score (nSPS) is 14.9. The lowest BCUT2D eigenvalue weighted by atomic mass is 10.1. The molecule has 3 aromatic heterocycles. The van der Waals surface area contributed by atoms with Gasteiger partial charge in [0.05, 0.1) is 18.0 Å². The van der Waals surface area contributed by atoms with Gasteiger partial charge in [0.2, 0.25) is 0 Å². The molecule has 1 unspecified atom stereocenters. The number of benzene rings is 2. The Bertz CT molecular complexity index is 1760. The average molecular weight is 518 g/mol. The minimum Gasteiger partial charge on any atom is -0.494 e. The number of fused-ring (bicyclic) bond motifs is 2. The highest BCUT2D eigenvalue weighted by molar-refractivity contribution is 5.98. The Kier molecular flexibility index (Phi) is 5.77. The summed E-state index contributed by atoms with van der Waals surface area (Å²) in [6, 6.07) is 8.24. The maximum absolute atomic E-state index is 14.8. The SMILES string of the molecule is COc1ccc(-c2nn(C(C)c3nc4cccc(F)c4c(=O)n3C3CCCC3)c3ncnc(N)c23)cc1F. The molecule has 2 N–H and O–H groups in total. The van der Waals surface area contributed by atoms with Crippen molar-refractivity contribution in [3.05, 3.63) is 70.5 Å². The number of rotatable bonds is 5. The van der Waals surface area contributed by atoms with Gasteiger partial charge < -0.3 is 10.5 Å². The van der Waals surface area contributed by atoms with Crippen LogP contribution in [0.25, 0.3) is 33.2 Å². The van der Waals surface area contributed by atoms with Crippen molar-refractivity contribution in [1.82, 2.24) is 29.3 Å². The Morgan fingerprint density at radius 2 is 1.87 bits per heavy atom. The Labute approximate surface area is 215 Å². The van der Waals surface area contributed by atoms with Crippen molar-refractivity contribution in [2.75, 3.05) is 12.8 Å². The minimum atomic E-state index is -0.597. The molecule has 0 spiro atoms. The molecule has 11 heteroatoms. The molecule has 1 aliphatic rings. The summed E-state index contributed by atoms with van der Waals surface area (Å²) < 4.78 is 37.7. The first-order valence-electron chi connectivity index (χ1n) is 12.4. The van der Waals surface area contributed by atoms with E-state index in [0.29, 0.717) is 28.1 Å². The standard InChI is InChI=1S/C27H25F2N7O2/c1-14(25-33-19-9-5-8-17(28)21(19)27(37)35(25)16-6-3-4-7-16)36-26-22(24(30)31-13-32-26)23(34-36)15-10-11-20(38-2)18(29)12-15/h5,8-14,16H,3-4,6-7H2,1-2H3,(H2,30,31,32). The van der Waals surface area contributed by atoms with Crippen molar-refractivity contribution in [2.45, 2.75) is 44.7 Å². The van der Waals surface area contributed by atoms with E-state index < -0.39 is 23.2 Å².